The zero-order chi connectivity index (χ0) is 18.4. The third-order valence-electron chi connectivity index (χ3n) is 3.88. The van der Waals surface area contributed by atoms with Gasteiger partial charge in [-0.25, -0.2) is 0 Å². The molecule has 26 heavy (non-hydrogen) atoms. The van der Waals surface area contributed by atoms with E-state index in [1.165, 1.54) is 12.3 Å². The number of nitrogens with one attached hydrogen (secondary N) is 3. The van der Waals surface area contributed by atoms with Crippen molar-refractivity contribution in [3.05, 3.63) is 54.0 Å². The highest BCUT2D eigenvalue weighted by molar-refractivity contribution is 5.96. The van der Waals surface area contributed by atoms with Crippen LogP contribution in [0.2, 0.25) is 0 Å². The van der Waals surface area contributed by atoms with Crippen molar-refractivity contribution >= 4 is 35.2 Å². The number of aryl methyl sites for hydroxylation is 1. The molecule has 1 aromatic heterocycles. The van der Waals surface area contributed by atoms with Crippen molar-refractivity contribution in [2.24, 2.45) is 0 Å². The Kier molecular flexibility index (Phi) is 5.48. The molecule has 134 valence electrons. The third-order valence-corrected chi connectivity index (χ3v) is 3.88. The summed E-state index contributed by atoms with van der Waals surface area (Å²) in [4.78, 5) is 35.0. The Bertz CT molecular complexity index is 840. The molecule has 7 nitrogen and oxygen atoms in total. The number of rotatable bonds is 6. The van der Waals surface area contributed by atoms with Gasteiger partial charge in [0.15, 0.2) is 0 Å². The van der Waals surface area contributed by atoms with Crippen LogP contribution in [0.5, 0.6) is 0 Å². The van der Waals surface area contributed by atoms with Gasteiger partial charge in [0.05, 0.1) is 6.26 Å². The average molecular weight is 353 g/mol. The van der Waals surface area contributed by atoms with Gasteiger partial charge in [-0.15, -0.1) is 0 Å². The molecule has 3 amide bonds. The molecule has 0 atom stereocenters. The molecule has 3 N–H and O–H groups in total. The molecule has 0 unspecified atom stereocenters. The lowest BCUT2D eigenvalue weighted by Gasteiger charge is -2.17. The topological polar surface area (TPSA) is 100 Å². The maximum Gasteiger partial charge on any atom is 0.244 e. The lowest BCUT2D eigenvalue weighted by Crippen LogP contribution is -2.26. The van der Waals surface area contributed by atoms with Gasteiger partial charge in [0.1, 0.15) is 5.76 Å². The van der Waals surface area contributed by atoms with E-state index in [1.54, 1.807) is 30.3 Å². The van der Waals surface area contributed by atoms with Crippen molar-refractivity contribution in [1.29, 1.82) is 0 Å². The fourth-order valence-corrected chi connectivity index (χ4v) is 2.59. The minimum Gasteiger partial charge on any atom is -0.465 e. The Balaban J connectivity index is 1.43. The number of hydrogen-bond acceptors (Lipinski definition) is 4. The van der Waals surface area contributed by atoms with Crippen LogP contribution in [0.3, 0.4) is 0 Å². The SMILES string of the molecule is O=C(/C=C/c1ccco1)NCCC(=O)Nc1ccc2c(c1)CCC(=O)N2. The molecule has 3 rings (SSSR count). The molecular weight excluding hydrogens is 334 g/mol. The lowest BCUT2D eigenvalue weighted by molar-refractivity contribution is -0.118. The minimum absolute atomic E-state index is 0.00567. The van der Waals surface area contributed by atoms with E-state index in [0.29, 0.717) is 24.3 Å². The summed E-state index contributed by atoms with van der Waals surface area (Å²) >= 11 is 0. The largest absolute Gasteiger partial charge is 0.465 e. The number of carbonyl (C=O) groups is 3. The van der Waals surface area contributed by atoms with Crippen molar-refractivity contribution < 1.29 is 18.8 Å². The smallest absolute Gasteiger partial charge is 0.244 e. The minimum atomic E-state index is -0.293. The molecule has 7 heteroatoms. The highest BCUT2D eigenvalue weighted by atomic mass is 16.3. The van der Waals surface area contributed by atoms with Crippen LogP contribution in [-0.2, 0) is 20.8 Å². The molecule has 0 aliphatic carbocycles. The summed E-state index contributed by atoms with van der Waals surface area (Å²) in [5, 5.41) is 8.23. The van der Waals surface area contributed by atoms with Crippen molar-refractivity contribution in [2.45, 2.75) is 19.3 Å². The van der Waals surface area contributed by atoms with E-state index in [0.717, 1.165) is 11.3 Å². The van der Waals surface area contributed by atoms with E-state index in [-0.39, 0.29) is 30.7 Å². The van der Waals surface area contributed by atoms with Gasteiger partial charge in [0.2, 0.25) is 17.7 Å². The zero-order valence-corrected chi connectivity index (χ0v) is 14.1. The average Bonchev–Trinajstić information content (AvgIpc) is 3.14. The van der Waals surface area contributed by atoms with E-state index in [9.17, 15) is 14.4 Å². The lowest BCUT2D eigenvalue weighted by atomic mass is 10.0. The van der Waals surface area contributed by atoms with Gasteiger partial charge in [0.25, 0.3) is 0 Å². The van der Waals surface area contributed by atoms with Crippen LogP contribution in [-0.4, -0.2) is 24.3 Å². The van der Waals surface area contributed by atoms with Gasteiger partial charge in [-0.2, -0.15) is 0 Å². The second-order valence-electron chi connectivity index (χ2n) is 5.86. The molecule has 2 heterocycles. The molecule has 1 aliphatic heterocycles. The molecule has 0 spiro atoms. The number of hydrogen-bond donors (Lipinski definition) is 3. The predicted octanol–water partition coefficient (Wildman–Crippen LogP) is 2.32. The quantitative estimate of drug-likeness (QED) is 0.694. The first kappa shape index (κ1) is 17.5. The Morgan fingerprint density at radius 2 is 2.12 bits per heavy atom. The summed E-state index contributed by atoms with van der Waals surface area (Å²) in [5.74, 6) is 0.103. The van der Waals surface area contributed by atoms with Gasteiger partial charge in [-0.1, -0.05) is 0 Å². The summed E-state index contributed by atoms with van der Waals surface area (Å²) < 4.78 is 5.08. The van der Waals surface area contributed by atoms with Crippen molar-refractivity contribution in [1.82, 2.24) is 5.32 Å². The first-order chi connectivity index (χ1) is 12.6. The maximum atomic E-state index is 12.0. The Morgan fingerprint density at radius 1 is 1.23 bits per heavy atom. The second-order valence-corrected chi connectivity index (χ2v) is 5.86. The first-order valence-corrected chi connectivity index (χ1v) is 8.32. The van der Waals surface area contributed by atoms with E-state index in [2.05, 4.69) is 16.0 Å². The molecule has 0 radical (unpaired) electrons. The highest BCUT2D eigenvalue weighted by Gasteiger charge is 2.15. The van der Waals surface area contributed by atoms with E-state index in [4.69, 9.17) is 4.42 Å². The number of carbonyl (C=O) groups excluding carboxylic acids is 3. The highest BCUT2D eigenvalue weighted by Crippen LogP contribution is 2.25. The number of furan rings is 1. The van der Waals surface area contributed by atoms with E-state index < -0.39 is 0 Å². The standard InChI is InChI=1S/C19H19N3O4/c23-17(8-5-15-2-1-11-26-15)20-10-9-19(25)21-14-4-6-16-13(12-14)3-7-18(24)22-16/h1-2,4-6,8,11-12H,3,7,9-10H2,(H,20,23)(H,21,25)(H,22,24)/b8-5+. The van der Waals surface area contributed by atoms with Crippen LogP contribution in [0.1, 0.15) is 24.2 Å². The zero-order valence-electron chi connectivity index (χ0n) is 14.1. The van der Waals surface area contributed by atoms with Gasteiger partial charge in [0, 0.05) is 36.8 Å². The van der Waals surface area contributed by atoms with E-state index in [1.807, 2.05) is 6.07 Å². The molecular formula is C19H19N3O4. The summed E-state index contributed by atoms with van der Waals surface area (Å²) in [6, 6.07) is 8.85. The van der Waals surface area contributed by atoms with Crippen LogP contribution < -0.4 is 16.0 Å². The second kappa shape index (κ2) is 8.15. The van der Waals surface area contributed by atoms with Gasteiger partial charge >= 0.3 is 0 Å². The van der Waals surface area contributed by atoms with Crippen LogP contribution in [0.25, 0.3) is 6.08 Å². The molecule has 0 fully saturated rings. The molecule has 0 bridgehead atoms. The third kappa shape index (κ3) is 4.83. The summed E-state index contributed by atoms with van der Waals surface area (Å²) in [6.45, 7) is 0.230. The van der Waals surface area contributed by atoms with Crippen LogP contribution in [0, 0.1) is 0 Å². The number of benzene rings is 1. The molecule has 0 saturated heterocycles. The summed E-state index contributed by atoms with van der Waals surface area (Å²) in [6.07, 6.45) is 5.70. The van der Waals surface area contributed by atoms with Crippen molar-refractivity contribution in [2.75, 3.05) is 17.2 Å². The number of amides is 3. The molecule has 0 saturated carbocycles. The predicted molar refractivity (Wildman–Crippen MR) is 97.4 cm³/mol. The van der Waals surface area contributed by atoms with Crippen LogP contribution in [0.15, 0.2) is 47.1 Å². The fraction of sp³-hybridized carbons (Fsp3) is 0.211. The number of anilines is 2. The van der Waals surface area contributed by atoms with E-state index >= 15 is 0 Å². The summed E-state index contributed by atoms with van der Waals surface area (Å²) in [7, 11) is 0. The maximum absolute atomic E-state index is 12.0. The van der Waals surface area contributed by atoms with Crippen molar-refractivity contribution in [3.63, 3.8) is 0 Å². The normalized spacial score (nSPS) is 13.2. The van der Waals surface area contributed by atoms with Gasteiger partial charge < -0.3 is 20.4 Å². The Morgan fingerprint density at radius 3 is 2.92 bits per heavy atom. The van der Waals surface area contributed by atoms with Gasteiger partial charge in [-0.3, -0.25) is 14.4 Å². The molecule has 1 aromatic carbocycles. The van der Waals surface area contributed by atoms with Crippen molar-refractivity contribution in [3.8, 4) is 0 Å². The Labute approximate surface area is 150 Å². The first-order valence-electron chi connectivity index (χ1n) is 8.32. The molecule has 1 aliphatic rings. The fourth-order valence-electron chi connectivity index (χ4n) is 2.59. The van der Waals surface area contributed by atoms with Gasteiger partial charge in [-0.05, 0) is 48.4 Å². The number of fused-ring (bicyclic) bond motifs is 1. The molecule has 2 aromatic rings. The van der Waals surface area contributed by atoms with Crippen LogP contribution in [0.4, 0.5) is 11.4 Å². The Hall–Kier alpha value is -3.35. The summed E-state index contributed by atoms with van der Waals surface area (Å²) in [5.41, 5.74) is 2.46. The van der Waals surface area contributed by atoms with Crippen LogP contribution >= 0.6 is 0 Å². The monoisotopic (exact) mass is 353 g/mol.